The molecule has 1 N–H and O–H groups in total. The highest BCUT2D eigenvalue weighted by Gasteiger charge is 2.30. The summed E-state index contributed by atoms with van der Waals surface area (Å²) in [4.78, 5) is 29.3. The Morgan fingerprint density at radius 2 is 1.92 bits per heavy atom. The summed E-state index contributed by atoms with van der Waals surface area (Å²) >= 11 is 0. The number of nitrogens with one attached hydrogen (secondary N) is 1. The molecule has 4 aromatic rings. The standard InChI is InChI=1S/C26H24F3N3O5/c1-3-5-17(12-13-32-24(33)31-25(34)37-32)19-6-4-7-21(14-19)35-15-22-16(2)36-23(30-22)18-8-10-20(11-9-18)26(27,28)29/h4,6-12,14H,3,5,13,15H2,1-2H3,(H,31,33,34)/b17-12-. The molecule has 2 aromatic heterocycles. The van der Waals surface area contributed by atoms with Crippen LogP contribution in [0.5, 0.6) is 5.75 Å². The lowest BCUT2D eigenvalue weighted by Crippen LogP contribution is -2.16. The minimum Gasteiger partial charge on any atom is -0.487 e. The molecule has 37 heavy (non-hydrogen) atoms. The van der Waals surface area contributed by atoms with E-state index in [1.165, 1.54) is 12.1 Å². The van der Waals surface area contributed by atoms with Crippen LogP contribution in [0.1, 0.15) is 42.3 Å². The van der Waals surface area contributed by atoms with Crippen LogP contribution >= 0.6 is 0 Å². The van der Waals surface area contributed by atoms with Gasteiger partial charge in [0.1, 0.15) is 23.8 Å². The van der Waals surface area contributed by atoms with Gasteiger partial charge in [0.15, 0.2) is 0 Å². The van der Waals surface area contributed by atoms with Crippen molar-refractivity contribution in [3.8, 4) is 17.2 Å². The number of benzene rings is 2. The van der Waals surface area contributed by atoms with E-state index in [0.717, 1.165) is 40.9 Å². The third kappa shape index (κ3) is 6.29. The van der Waals surface area contributed by atoms with Crippen molar-refractivity contribution in [3.63, 3.8) is 0 Å². The first-order valence-electron chi connectivity index (χ1n) is 11.5. The minimum absolute atomic E-state index is 0.0934. The second-order valence-electron chi connectivity index (χ2n) is 8.26. The summed E-state index contributed by atoms with van der Waals surface area (Å²) in [6.45, 7) is 3.93. The lowest BCUT2D eigenvalue weighted by molar-refractivity contribution is -0.137. The highest BCUT2D eigenvalue weighted by molar-refractivity contribution is 5.66. The third-order valence-corrected chi connectivity index (χ3v) is 5.58. The third-order valence-electron chi connectivity index (χ3n) is 5.58. The summed E-state index contributed by atoms with van der Waals surface area (Å²) in [6, 6.07) is 12.0. The normalized spacial score (nSPS) is 12.2. The molecule has 0 aliphatic carbocycles. The molecular formula is C26H24F3N3O5. The topological polar surface area (TPSA) is 103 Å². The molecule has 194 valence electrons. The molecular weight excluding hydrogens is 491 g/mol. The van der Waals surface area contributed by atoms with Crippen LogP contribution in [-0.2, 0) is 19.3 Å². The Morgan fingerprint density at radius 3 is 2.57 bits per heavy atom. The maximum absolute atomic E-state index is 12.8. The van der Waals surface area contributed by atoms with Crippen LogP contribution in [0.25, 0.3) is 17.0 Å². The average Bonchev–Trinajstić information content (AvgIpc) is 3.40. The fourth-order valence-corrected chi connectivity index (χ4v) is 3.69. The monoisotopic (exact) mass is 515 g/mol. The molecule has 4 rings (SSSR count). The number of oxazole rings is 1. The number of hydrogen-bond acceptors (Lipinski definition) is 6. The van der Waals surface area contributed by atoms with Crippen molar-refractivity contribution in [3.05, 3.63) is 98.2 Å². The summed E-state index contributed by atoms with van der Waals surface area (Å²) < 4.78 is 55.8. The quantitative estimate of drug-likeness (QED) is 0.312. The van der Waals surface area contributed by atoms with Crippen molar-refractivity contribution in [2.45, 2.75) is 46.0 Å². The van der Waals surface area contributed by atoms with E-state index in [2.05, 4.69) is 4.98 Å². The van der Waals surface area contributed by atoms with Gasteiger partial charge in [0, 0.05) is 5.56 Å². The van der Waals surface area contributed by atoms with Crippen LogP contribution in [0.15, 0.2) is 73.1 Å². The Balaban J connectivity index is 1.48. The second kappa shape index (κ2) is 10.8. The molecule has 0 atom stereocenters. The first kappa shape index (κ1) is 25.8. The van der Waals surface area contributed by atoms with Gasteiger partial charge in [-0.05, 0) is 60.9 Å². The number of allylic oxidation sites excluding steroid dienone is 2. The smallest absolute Gasteiger partial charge is 0.440 e. The van der Waals surface area contributed by atoms with Gasteiger partial charge in [-0.2, -0.15) is 13.2 Å². The zero-order chi connectivity index (χ0) is 26.6. The molecule has 2 heterocycles. The van der Waals surface area contributed by atoms with E-state index in [1.807, 2.05) is 36.2 Å². The molecule has 8 nitrogen and oxygen atoms in total. The van der Waals surface area contributed by atoms with Crippen molar-refractivity contribution in [2.75, 3.05) is 0 Å². The molecule has 11 heteroatoms. The van der Waals surface area contributed by atoms with Gasteiger partial charge < -0.3 is 13.7 Å². The number of rotatable bonds is 9. The number of aryl methyl sites for hydroxylation is 1. The van der Waals surface area contributed by atoms with Gasteiger partial charge in [-0.1, -0.05) is 31.6 Å². The van der Waals surface area contributed by atoms with Crippen molar-refractivity contribution in [1.82, 2.24) is 14.7 Å². The zero-order valence-electron chi connectivity index (χ0n) is 20.1. The maximum atomic E-state index is 12.8. The Bertz CT molecular complexity index is 1510. The molecule has 2 aromatic carbocycles. The zero-order valence-corrected chi connectivity index (χ0v) is 20.1. The lowest BCUT2D eigenvalue weighted by Gasteiger charge is -2.10. The van der Waals surface area contributed by atoms with E-state index < -0.39 is 23.2 Å². The number of halogens is 3. The summed E-state index contributed by atoms with van der Waals surface area (Å²) in [5.41, 5.74) is 1.41. The predicted molar refractivity (Wildman–Crippen MR) is 129 cm³/mol. The largest absolute Gasteiger partial charge is 0.487 e. The first-order chi connectivity index (χ1) is 17.6. The first-order valence-corrected chi connectivity index (χ1v) is 11.5. The van der Waals surface area contributed by atoms with Gasteiger partial charge in [-0.3, -0.25) is 0 Å². The van der Waals surface area contributed by atoms with Gasteiger partial charge in [-0.25, -0.2) is 19.6 Å². The molecule has 0 spiro atoms. The summed E-state index contributed by atoms with van der Waals surface area (Å²) in [7, 11) is 0. The number of hydrogen-bond donors (Lipinski definition) is 1. The summed E-state index contributed by atoms with van der Waals surface area (Å²) in [6.07, 6.45) is -1.02. The highest BCUT2D eigenvalue weighted by atomic mass is 19.4. The van der Waals surface area contributed by atoms with Crippen molar-refractivity contribution < 1.29 is 26.8 Å². The van der Waals surface area contributed by atoms with Crippen LogP contribution in [0, 0.1) is 6.92 Å². The number of alkyl halides is 3. The Morgan fingerprint density at radius 1 is 1.16 bits per heavy atom. The molecule has 0 fully saturated rings. The van der Waals surface area contributed by atoms with Crippen LogP contribution in [0.4, 0.5) is 13.2 Å². The molecule has 0 aliphatic rings. The van der Waals surface area contributed by atoms with Crippen LogP contribution in [-0.4, -0.2) is 14.7 Å². The SMILES string of the molecule is CCC/C(=C/Cn1oc(=O)[nH]c1=O)c1cccc(OCc2nc(-c3ccc(C(F)(F)F)cc3)oc2C)c1. The highest BCUT2D eigenvalue weighted by Crippen LogP contribution is 2.31. The van der Waals surface area contributed by atoms with Gasteiger partial charge in [0.05, 0.1) is 12.1 Å². The number of ether oxygens (including phenoxy) is 1. The van der Waals surface area contributed by atoms with E-state index >= 15 is 0 Å². The Hall–Kier alpha value is -4.28. The van der Waals surface area contributed by atoms with Crippen molar-refractivity contribution >= 4 is 5.57 Å². The number of nitrogens with zero attached hydrogens (tertiary/aromatic N) is 2. The molecule has 0 amide bonds. The Kier molecular flexibility index (Phi) is 7.51. The van der Waals surface area contributed by atoms with Crippen molar-refractivity contribution in [2.24, 2.45) is 0 Å². The van der Waals surface area contributed by atoms with E-state index in [4.69, 9.17) is 13.7 Å². The predicted octanol–water partition coefficient (Wildman–Crippen LogP) is 5.57. The van der Waals surface area contributed by atoms with Gasteiger partial charge >= 0.3 is 17.6 Å². The van der Waals surface area contributed by atoms with E-state index in [9.17, 15) is 22.8 Å². The van der Waals surface area contributed by atoms with Gasteiger partial charge in [0.25, 0.3) is 0 Å². The second-order valence-corrected chi connectivity index (χ2v) is 8.26. The molecule has 0 bridgehead atoms. The summed E-state index contributed by atoms with van der Waals surface area (Å²) in [5.74, 6) is 0.466. The molecule has 0 saturated heterocycles. The fourth-order valence-electron chi connectivity index (χ4n) is 3.69. The number of H-pyrrole nitrogens is 1. The molecule has 0 saturated carbocycles. The molecule has 0 radical (unpaired) electrons. The van der Waals surface area contributed by atoms with Gasteiger partial charge in [0.2, 0.25) is 5.89 Å². The van der Waals surface area contributed by atoms with Crippen LogP contribution < -0.4 is 16.2 Å². The van der Waals surface area contributed by atoms with E-state index in [0.29, 0.717) is 22.8 Å². The minimum atomic E-state index is -4.42. The average molecular weight is 515 g/mol. The maximum Gasteiger partial charge on any atom is 0.440 e. The molecule has 0 aliphatic heterocycles. The Labute approximate surface area is 209 Å². The lowest BCUT2D eigenvalue weighted by atomic mass is 10.0. The van der Waals surface area contributed by atoms with Crippen molar-refractivity contribution in [1.29, 1.82) is 0 Å². The molecule has 0 unspecified atom stereocenters. The number of aromatic amines is 1. The van der Waals surface area contributed by atoms with E-state index in [1.54, 1.807) is 13.0 Å². The van der Waals surface area contributed by atoms with Gasteiger partial charge in [-0.15, -0.1) is 4.74 Å². The summed E-state index contributed by atoms with van der Waals surface area (Å²) in [5, 5.41) is 0. The van der Waals surface area contributed by atoms with E-state index in [-0.39, 0.29) is 19.0 Å². The van der Waals surface area contributed by atoms with Crippen LogP contribution in [0.2, 0.25) is 0 Å². The fraction of sp³-hybridized carbons (Fsp3) is 0.269. The number of aromatic nitrogens is 3. The van der Waals surface area contributed by atoms with Crippen LogP contribution in [0.3, 0.4) is 0 Å².